The van der Waals surface area contributed by atoms with Crippen LogP contribution in [0.4, 0.5) is 11.5 Å². The molecule has 5 heterocycles. The number of fused-ring (bicyclic) bond motifs is 4. The van der Waals surface area contributed by atoms with Gasteiger partial charge in [0.2, 0.25) is 11.3 Å². The summed E-state index contributed by atoms with van der Waals surface area (Å²) in [6.07, 6.45) is -0.532. The van der Waals surface area contributed by atoms with Gasteiger partial charge in [-0.3, -0.25) is 18.7 Å². The molecule has 0 spiro atoms. The molecule has 0 radical (unpaired) electrons. The van der Waals surface area contributed by atoms with E-state index < -0.39 is 60.3 Å². The first-order valence-corrected chi connectivity index (χ1v) is 31.1. The van der Waals surface area contributed by atoms with Crippen molar-refractivity contribution in [1.29, 1.82) is 0 Å². The van der Waals surface area contributed by atoms with Crippen molar-refractivity contribution < 1.29 is 71.0 Å². The highest BCUT2D eigenvalue weighted by atomic mass is 31.3. The van der Waals surface area contributed by atoms with Crippen LogP contribution in [0.1, 0.15) is 141 Å². The first kappa shape index (κ1) is 59.2. The number of rotatable bonds is 16. The van der Waals surface area contributed by atoms with E-state index in [1.54, 1.807) is 11.9 Å². The zero-order chi connectivity index (χ0) is 58.0. The molecule has 5 aliphatic rings. The lowest BCUT2D eigenvalue weighted by atomic mass is 9.64. The minimum atomic E-state index is -5.85. The number of anilines is 2. The molecule has 430 valence electrons. The van der Waals surface area contributed by atoms with Gasteiger partial charge in [0.05, 0.1) is 18.7 Å². The molecule has 1 aromatic heterocycles. The third-order valence-electron chi connectivity index (χ3n) is 15.9. The summed E-state index contributed by atoms with van der Waals surface area (Å²) in [6, 6.07) is 15.2. The molecule has 80 heavy (non-hydrogen) atoms. The first-order chi connectivity index (χ1) is 37.5. The van der Waals surface area contributed by atoms with Crippen LogP contribution in [-0.2, 0) is 54.6 Å². The zero-order valence-corrected chi connectivity index (χ0v) is 48.3. The summed E-state index contributed by atoms with van der Waals surface area (Å²) < 4.78 is 55.5. The lowest BCUT2D eigenvalue weighted by Crippen LogP contribution is -2.50. The number of nitrogens with zero attached hydrogens (tertiary/aromatic N) is 5. The fraction of sp³-hybridized carbons (Fsp3) is 0.500. The Kier molecular flexibility index (Phi) is 16.6. The summed E-state index contributed by atoms with van der Waals surface area (Å²) in [5, 5.41) is 26.6. The molecule has 3 aromatic carbocycles. The van der Waals surface area contributed by atoms with Gasteiger partial charge in [-0.15, -0.1) is 0 Å². The normalized spacial score (nSPS) is 23.1. The van der Waals surface area contributed by atoms with Crippen molar-refractivity contribution >= 4 is 52.4 Å². The SMILES string of the molecule is CCN1c2cc3c(cc2C(C)CC1(C)C)C(c1ccccc1C(=O)N(C)CCCC(=O)NCC#Cc1cn([C@@H]2O[C@H](COP(=O)(O)OP(=O)(O)OP(=O)(O)O)[C@@H](O)[C@H]2O)c(=O)nc1N)=c1cc2c4c(c1C3(C)C)CCC[N+]=4CCC2. The standard InChI is InChI=1S/C54H68N7O16P3/c1-8-61-41-27-40-38(26-37(41)31(2)28-53(61,3)4)44(39-25-32-16-12-23-59-24-13-19-36(46(32)59)45(39)54(40,5)6)34-17-9-10-18-35(34)50(65)58(7)22-14-20-43(62)56-21-11-15-33-29-60(52(66)57-49(33)55)51-48(64)47(63)42(75-51)30-74-79(70,71)77-80(72,73)76-78(67,68)69/h9-10,17-18,25-27,29,31,42,47-48,51,63-64H,8,12-14,16,19-24,28,30H2,1-7H3,(H6-,55,56,57,62,66,67,68,69,70,71,72,73)/p+1/t31?,42-,47-,48-,51-/m1/s1. The Bertz CT molecular complexity index is 3590. The molecular formula is C54H69N7O16P3+. The van der Waals surface area contributed by atoms with Crippen molar-refractivity contribution in [3.63, 3.8) is 0 Å². The van der Waals surface area contributed by atoms with E-state index in [1.807, 2.05) is 18.2 Å². The number of aromatic nitrogens is 2. The molecule has 1 aliphatic carbocycles. The highest BCUT2D eigenvalue weighted by Gasteiger charge is 2.48. The van der Waals surface area contributed by atoms with Crippen LogP contribution in [0.5, 0.6) is 0 Å². The van der Waals surface area contributed by atoms with Crippen molar-refractivity contribution in [3.05, 3.63) is 120 Å². The number of amides is 2. The molecule has 7 atom stereocenters. The molecule has 1 saturated heterocycles. The molecule has 0 bridgehead atoms. The maximum atomic E-state index is 14.8. The van der Waals surface area contributed by atoms with Crippen LogP contribution in [0.25, 0.3) is 5.57 Å². The summed E-state index contributed by atoms with van der Waals surface area (Å²) in [7, 11) is -15.4. The van der Waals surface area contributed by atoms with Crippen LogP contribution in [0.2, 0.25) is 0 Å². The fourth-order valence-electron chi connectivity index (χ4n) is 12.6. The van der Waals surface area contributed by atoms with Gasteiger partial charge in [-0.2, -0.15) is 13.6 Å². The number of hydrogen-bond donors (Lipinski definition) is 8. The predicted molar refractivity (Wildman–Crippen MR) is 295 cm³/mol. The number of nitrogens with one attached hydrogen (secondary N) is 1. The Hall–Kier alpha value is -5.40. The summed E-state index contributed by atoms with van der Waals surface area (Å²) in [5.41, 5.74) is 16.2. The van der Waals surface area contributed by atoms with Gasteiger partial charge in [-0.25, -0.2) is 23.1 Å². The maximum absolute atomic E-state index is 14.8. The minimum Gasteiger partial charge on any atom is -0.387 e. The average molecular weight is 1170 g/mol. The number of benzene rings is 3. The van der Waals surface area contributed by atoms with Crippen LogP contribution < -0.4 is 36.8 Å². The second-order valence-corrected chi connectivity index (χ2v) is 26.6. The van der Waals surface area contributed by atoms with E-state index in [0.29, 0.717) is 17.9 Å². The number of nitrogen functional groups attached to an aromatic ring is 1. The average Bonchev–Trinajstić information content (AvgIpc) is 2.95. The van der Waals surface area contributed by atoms with E-state index in [1.165, 1.54) is 44.1 Å². The first-order valence-electron chi connectivity index (χ1n) is 26.6. The van der Waals surface area contributed by atoms with E-state index in [4.69, 9.17) is 20.3 Å². The van der Waals surface area contributed by atoms with Gasteiger partial charge in [0.15, 0.2) is 6.23 Å². The highest BCUT2D eigenvalue weighted by molar-refractivity contribution is 7.66. The van der Waals surface area contributed by atoms with Gasteiger partial charge in [0.1, 0.15) is 37.2 Å². The lowest BCUT2D eigenvalue weighted by molar-refractivity contribution is -0.121. The number of ether oxygens (including phenoxy) is 1. The van der Waals surface area contributed by atoms with Crippen molar-refractivity contribution in [2.45, 2.75) is 128 Å². The van der Waals surface area contributed by atoms with Crippen molar-refractivity contribution in [2.75, 3.05) is 57.0 Å². The number of aliphatic hydroxyl groups excluding tert-OH is 2. The Labute approximate surface area is 462 Å². The van der Waals surface area contributed by atoms with E-state index in [9.17, 15) is 48.1 Å². The summed E-state index contributed by atoms with van der Waals surface area (Å²) >= 11 is 0. The van der Waals surface area contributed by atoms with E-state index in [-0.39, 0.29) is 53.7 Å². The zero-order valence-electron chi connectivity index (χ0n) is 45.6. The van der Waals surface area contributed by atoms with Crippen LogP contribution in [0.15, 0.2) is 53.5 Å². The summed E-state index contributed by atoms with van der Waals surface area (Å²) in [5.74, 6) is 4.89. The number of hydrogen-bond acceptors (Lipinski definition) is 15. The monoisotopic (exact) mass is 1160 g/mol. The third-order valence-corrected chi connectivity index (χ3v) is 19.7. The number of phosphoric acid groups is 3. The molecule has 4 aliphatic heterocycles. The molecule has 3 unspecified atom stereocenters. The lowest BCUT2D eigenvalue weighted by Gasteiger charge is -2.48. The second-order valence-electron chi connectivity index (χ2n) is 22.2. The van der Waals surface area contributed by atoms with Gasteiger partial charge in [-0.05, 0) is 115 Å². The molecule has 9 rings (SSSR count). The fourth-order valence-corrected chi connectivity index (χ4v) is 15.6. The van der Waals surface area contributed by atoms with E-state index >= 15 is 0 Å². The predicted octanol–water partition coefficient (Wildman–Crippen LogP) is 3.19. The summed E-state index contributed by atoms with van der Waals surface area (Å²) in [6.45, 7) is 16.0. The highest BCUT2D eigenvalue weighted by Crippen LogP contribution is 2.66. The van der Waals surface area contributed by atoms with E-state index in [2.05, 4.69) is 111 Å². The molecular weight excluding hydrogens is 1100 g/mol. The van der Waals surface area contributed by atoms with Gasteiger partial charge < -0.3 is 55.4 Å². The number of aryl methyl sites for hydroxylation is 1. The number of aliphatic hydroxyl groups is 2. The third kappa shape index (κ3) is 11.8. The molecule has 4 aromatic rings. The van der Waals surface area contributed by atoms with Crippen molar-refractivity contribution in [3.8, 4) is 11.8 Å². The van der Waals surface area contributed by atoms with Crippen LogP contribution >= 0.6 is 23.5 Å². The molecule has 9 N–H and O–H groups in total. The molecule has 26 heteroatoms. The molecule has 23 nitrogen and oxygen atoms in total. The quantitative estimate of drug-likeness (QED) is 0.0454. The number of phosphoric ester groups is 1. The van der Waals surface area contributed by atoms with Gasteiger partial charge in [0.25, 0.3) is 5.91 Å². The number of carbonyl (C=O) groups excluding carboxylic acids is 2. The topological polar surface area (TPSA) is 326 Å². The van der Waals surface area contributed by atoms with Crippen LogP contribution in [0.3, 0.4) is 0 Å². The molecule has 0 saturated carbocycles. The Morgan fingerprint density at radius 3 is 2.41 bits per heavy atom. The van der Waals surface area contributed by atoms with Crippen LogP contribution in [-0.4, -0.2) is 126 Å². The molecule has 1 fully saturated rings. The van der Waals surface area contributed by atoms with Crippen molar-refractivity contribution in [2.24, 2.45) is 0 Å². The largest absolute Gasteiger partial charge is 0.490 e. The van der Waals surface area contributed by atoms with Gasteiger partial charge in [-0.1, -0.05) is 50.8 Å². The summed E-state index contributed by atoms with van der Waals surface area (Å²) in [4.78, 5) is 85.4. The maximum Gasteiger partial charge on any atom is 0.490 e. The van der Waals surface area contributed by atoms with E-state index in [0.717, 1.165) is 79.2 Å². The smallest absolute Gasteiger partial charge is 0.387 e. The Morgan fingerprint density at radius 2 is 1.70 bits per heavy atom. The second kappa shape index (κ2) is 22.4. The Morgan fingerprint density at radius 1 is 0.988 bits per heavy atom. The van der Waals surface area contributed by atoms with Crippen LogP contribution in [0, 0.1) is 11.8 Å². The molecule has 2 amide bonds. The number of nitrogens with two attached hydrogens (primary N) is 1. The minimum absolute atomic E-state index is 0.0193. The van der Waals surface area contributed by atoms with Gasteiger partial charge in [0, 0.05) is 78.9 Å². The van der Waals surface area contributed by atoms with Crippen molar-refractivity contribution in [1.82, 2.24) is 24.3 Å². The Balaban J connectivity index is 0.892. The van der Waals surface area contributed by atoms with Gasteiger partial charge >= 0.3 is 29.2 Å². The number of carbonyl (C=O) groups is 2.